The van der Waals surface area contributed by atoms with Gasteiger partial charge < -0.3 is 25.3 Å². The number of piperazine rings is 1. The molecule has 34 heavy (non-hydrogen) atoms. The third-order valence-corrected chi connectivity index (χ3v) is 6.48. The van der Waals surface area contributed by atoms with Crippen molar-refractivity contribution in [3.05, 3.63) is 58.3 Å². The number of hydrogen-bond acceptors (Lipinski definition) is 9. The third-order valence-electron chi connectivity index (χ3n) is 6.48. The molecule has 5 heterocycles. The molecule has 0 amide bonds. The van der Waals surface area contributed by atoms with Crippen molar-refractivity contribution in [2.24, 2.45) is 0 Å². The zero-order valence-corrected chi connectivity index (χ0v) is 19.1. The van der Waals surface area contributed by atoms with Crippen molar-refractivity contribution < 1.29 is 4.42 Å². The summed E-state index contributed by atoms with van der Waals surface area (Å²) >= 11 is 0. The van der Waals surface area contributed by atoms with Crippen molar-refractivity contribution in [2.75, 3.05) is 28.6 Å². The Morgan fingerprint density at radius 2 is 1.82 bits per heavy atom. The van der Waals surface area contributed by atoms with Crippen molar-refractivity contribution in [1.29, 1.82) is 0 Å². The molecule has 10 heteroatoms. The number of anilines is 5. The van der Waals surface area contributed by atoms with Crippen LogP contribution in [-0.2, 0) is 0 Å². The number of oxazole rings is 1. The molecule has 6 rings (SSSR count). The number of aryl methyl sites for hydroxylation is 2. The van der Waals surface area contributed by atoms with Crippen LogP contribution in [0.2, 0.25) is 0 Å². The molecule has 0 aliphatic carbocycles. The molecule has 1 aromatic carbocycles. The van der Waals surface area contributed by atoms with Crippen LogP contribution in [0.15, 0.2) is 45.9 Å². The molecule has 4 aromatic rings. The lowest BCUT2D eigenvalue weighted by Gasteiger charge is -2.34. The minimum Gasteiger partial charge on any atom is -0.408 e. The number of H-pyrrole nitrogens is 1. The molecule has 2 aliphatic rings. The first-order valence-electron chi connectivity index (χ1n) is 11.5. The molecule has 3 aromatic heterocycles. The molecule has 174 valence electrons. The summed E-state index contributed by atoms with van der Waals surface area (Å²) in [5.74, 6) is 1.71. The molecule has 2 unspecified atom stereocenters. The highest BCUT2D eigenvalue weighted by atomic mass is 16.4. The number of nitrogens with one attached hydrogen (secondary N) is 4. The van der Waals surface area contributed by atoms with E-state index in [2.05, 4.69) is 48.8 Å². The van der Waals surface area contributed by atoms with E-state index in [1.165, 1.54) is 12.8 Å². The van der Waals surface area contributed by atoms with Crippen molar-refractivity contribution in [2.45, 2.75) is 38.8 Å². The lowest BCUT2D eigenvalue weighted by molar-refractivity contribution is 0.463. The van der Waals surface area contributed by atoms with Gasteiger partial charge in [-0.1, -0.05) is 0 Å². The Hall–Kier alpha value is -3.92. The van der Waals surface area contributed by atoms with E-state index in [1.54, 1.807) is 12.3 Å². The van der Waals surface area contributed by atoms with E-state index in [-0.39, 0.29) is 0 Å². The van der Waals surface area contributed by atoms with E-state index in [0.717, 1.165) is 41.4 Å². The fourth-order valence-electron chi connectivity index (χ4n) is 4.86. The highest BCUT2D eigenvalue weighted by Gasteiger charge is 2.33. The summed E-state index contributed by atoms with van der Waals surface area (Å²) in [4.78, 5) is 30.3. The molecule has 2 bridgehead atoms. The monoisotopic (exact) mass is 458 g/mol. The standard InChI is InChI=1S/C24H26N8O2/c1-13-7-18(10-25-22(13)32-11-16-3-4-17(12-32)27-16)29-23-26-9-14(2)21(31-23)28-15-5-6-20-19(8-15)30-24(33)34-20/h5-10,16-17,27H,3-4,11-12H2,1-2H3,(H,30,33)(H2,26,28,29,31). The van der Waals surface area contributed by atoms with Gasteiger partial charge in [0.25, 0.3) is 0 Å². The summed E-state index contributed by atoms with van der Waals surface area (Å²) in [5.41, 5.74) is 4.77. The number of aromatic nitrogens is 4. The Morgan fingerprint density at radius 1 is 1.00 bits per heavy atom. The first-order valence-corrected chi connectivity index (χ1v) is 11.5. The first kappa shape index (κ1) is 20.7. The smallest absolute Gasteiger partial charge is 0.408 e. The minimum atomic E-state index is -0.476. The molecule has 2 aliphatic heterocycles. The van der Waals surface area contributed by atoms with Crippen LogP contribution in [0, 0.1) is 13.8 Å². The Labute approximate surface area is 195 Å². The van der Waals surface area contributed by atoms with Gasteiger partial charge in [0.2, 0.25) is 5.95 Å². The van der Waals surface area contributed by atoms with Crippen molar-refractivity contribution in [3.8, 4) is 0 Å². The average Bonchev–Trinajstić information content (AvgIpc) is 3.35. The molecule has 4 N–H and O–H groups in total. The van der Waals surface area contributed by atoms with Crippen molar-refractivity contribution >= 4 is 40.1 Å². The second-order valence-corrected chi connectivity index (χ2v) is 9.11. The molecule has 0 spiro atoms. The Kier molecular flexibility index (Phi) is 4.95. The van der Waals surface area contributed by atoms with Gasteiger partial charge in [0.15, 0.2) is 5.58 Å². The second-order valence-electron chi connectivity index (χ2n) is 9.11. The maximum atomic E-state index is 11.4. The fraction of sp³-hybridized carbons (Fsp3) is 0.333. The molecule has 0 radical (unpaired) electrons. The summed E-state index contributed by atoms with van der Waals surface area (Å²) in [6, 6.07) is 8.61. The largest absolute Gasteiger partial charge is 0.417 e. The van der Waals surface area contributed by atoms with Gasteiger partial charge in [-0.05, 0) is 56.5 Å². The predicted octanol–water partition coefficient (Wildman–Crippen LogP) is 3.35. The van der Waals surface area contributed by atoms with E-state index < -0.39 is 5.76 Å². The maximum Gasteiger partial charge on any atom is 0.417 e. The summed E-state index contributed by atoms with van der Waals surface area (Å²) in [5, 5.41) is 10.2. The normalized spacial score (nSPS) is 19.5. The van der Waals surface area contributed by atoms with Gasteiger partial charge >= 0.3 is 5.76 Å². The van der Waals surface area contributed by atoms with E-state index >= 15 is 0 Å². The Bertz CT molecular complexity index is 1420. The maximum absolute atomic E-state index is 11.4. The molecular weight excluding hydrogens is 432 g/mol. The highest BCUT2D eigenvalue weighted by Crippen LogP contribution is 2.28. The van der Waals surface area contributed by atoms with Gasteiger partial charge in [-0.15, -0.1) is 0 Å². The first-order chi connectivity index (χ1) is 16.5. The van der Waals surface area contributed by atoms with E-state index in [4.69, 9.17) is 9.40 Å². The quantitative estimate of drug-likeness (QED) is 0.356. The third kappa shape index (κ3) is 3.96. The van der Waals surface area contributed by atoms with Crippen LogP contribution in [0.1, 0.15) is 24.0 Å². The number of aromatic amines is 1. The van der Waals surface area contributed by atoms with Crippen LogP contribution < -0.4 is 26.6 Å². The van der Waals surface area contributed by atoms with Crippen LogP contribution >= 0.6 is 0 Å². The second kappa shape index (κ2) is 8.14. The number of fused-ring (bicyclic) bond motifs is 3. The molecule has 0 saturated carbocycles. The average molecular weight is 459 g/mol. The molecule has 2 atom stereocenters. The number of hydrogen-bond donors (Lipinski definition) is 4. The summed E-state index contributed by atoms with van der Waals surface area (Å²) in [6.45, 7) is 6.04. The summed E-state index contributed by atoms with van der Waals surface area (Å²) in [7, 11) is 0. The van der Waals surface area contributed by atoms with E-state index in [0.29, 0.717) is 34.9 Å². The summed E-state index contributed by atoms with van der Waals surface area (Å²) < 4.78 is 5.07. The van der Waals surface area contributed by atoms with Crippen LogP contribution in [0.5, 0.6) is 0 Å². The Morgan fingerprint density at radius 3 is 2.62 bits per heavy atom. The zero-order valence-electron chi connectivity index (χ0n) is 19.1. The van der Waals surface area contributed by atoms with Gasteiger partial charge in [-0.2, -0.15) is 4.98 Å². The molecular formula is C24H26N8O2. The number of rotatable bonds is 5. The van der Waals surface area contributed by atoms with Gasteiger partial charge in [0.05, 0.1) is 17.4 Å². The number of nitrogens with zero attached hydrogens (tertiary/aromatic N) is 4. The topological polar surface area (TPSA) is 124 Å². The molecule has 2 saturated heterocycles. The van der Waals surface area contributed by atoms with Gasteiger partial charge in [0, 0.05) is 42.6 Å². The van der Waals surface area contributed by atoms with Gasteiger partial charge in [-0.25, -0.2) is 14.8 Å². The zero-order chi connectivity index (χ0) is 23.2. The lowest BCUT2D eigenvalue weighted by Crippen LogP contribution is -2.51. The number of benzene rings is 1. The SMILES string of the molecule is Cc1cnc(Nc2cnc(N3CC4CCC(C3)N4)c(C)c2)nc1Nc1ccc2oc(=O)[nH]c2c1. The van der Waals surface area contributed by atoms with Crippen molar-refractivity contribution in [3.63, 3.8) is 0 Å². The summed E-state index contributed by atoms with van der Waals surface area (Å²) in [6.07, 6.45) is 6.09. The van der Waals surface area contributed by atoms with Crippen LogP contribution in [-0.4, -0.2) is 45.1 Å². The van der Waals surface area contributed by atoms with Crippen LogP contribution in [0.3, 0.4) is 0 Å². The minimum absolute atomic E-state index is 0.472. The number of pyridine rings is 1. The predicted molar refractivity (Wildman–Crippen MR) is 131 cm³/mol. The van der Waals surface area contributed by atoms with Crippen LogP contribution in [0.4, 0.5) is 29.0 Å². The van der Waals surface area contributed by atoms with Crippen molar-refractivity contribution in [1.82, 2.24) is 25.3 Å². The van der Waals surface area contributed by atoms with E-state index in [9.17, 15) is 4.79 Å². The van der Waals surface area contributed by atoms with E-state index in [1.807, 2.05) is 25.3 Å². The molecule has 2 fully saturated rings. The molecule has 10 nitrogen and oxygen atoms in total. The van der Waals surface area contributed by atoms with Gasteiger partial charge in [0.1, 0.15) is 11.6 Å². The fourth-order valence-corrected chi connectivity index (χ4v) is 4.86. The highest BCUT2D eigenvalue weighted by molar-refractivity contribution is 5.78. The lowest BCUT2D eigenvalue weighted by atomic mass is 10.2. The Balaban J connectivity index is 1.20. The van der Waals surface area contributed by atoms with Gasteiger partial charge in [-0.3, -0.25) is 4.98 Å². The van der Waals surface area contributed by atoms with Crippen LogP contribution in [0.25, 0.3) is 11.1 Å².